The van der Waals surface area contributed by atoms with Crippen molar-refractivity contribution in [3.8, 4) is 11.4 Å². The number of nitrogens with one attached hydrogen (secondary N) is 1. The molecule has 0 saturated heterocycles. The van der Waals surface area contributed by atoms with Crippen LogP contribution in [0.1, 0.15) is 11.3 Å². The number of aliphatic hydroxyl groups is 1. The van der Waals surface area contributed by atoms with Crippen LogP contribution < -0.4 is 5.56 Å². The lowest BCUT2D eigenvalue weighted by Crippen LogP contribution is -2.18. The summed E-state index contributed by atoms with van der Waals surface area (Å²) in [6, 6.07) is 6.59. The van der Waals surface area contributed by atoms with Crippen molar-refractivity contribution in [3.05, 3.63) is 45.9 Å². The van der Waals surface area contributed by atoms with E-state index in [0.29, 0.717) is 23.4 Å². The lowest BCUT2D eigenvalue weighted by molar-refractivity contribution is 0.299. The molecule has 2 aromatic rings. The van der Waals surface area contributed by atoms with E-state index in [0.717, 1.165) is 0 Å². The van der Waals surface area contributed by atoms with Crippen LogP contribution in [-0.2, 0) is 6.42 Å². The van der Waals surface area contributed by atoms with Crippen molar-refractivity contribution >= 4 is 0 Å². The summed E-state index contributed by atoms with van der Waals surface area (Å²) in [6.45, 7) is 1.69. The number of phenols is 1. The molecule has 0 amide bonds. The summed E-state index contributed by atoms with van der Waals surface area (Å²) in [5.74, 6) is 0.0337. The Morgan fingerprint density at radius 2 is 2.06 bits per heavy atom. The van der Waals surface area contributed by atoms with Crippen LogP contribution in [0.4, 0.5) is 0 Å². The number of aromatic hydroxyl groups is 1. The Hall–Kier alpha value is -2.01. The molecular weight excluding hydrogens is 220 g/mol. The number of hydrogen-bond donors (Lipinski definition) is 3. The Kier molecular flexibility index (Phi) is 3.01. The number of para-hydroxylation sites is 2. The molecule has 1 aromatic heterocycles. The van der Waals surface area contributed by atoms with Crippen LogP contribution in [0.15, 0.2) is 29.1 Å². The molecule has 0 bridgehead atoms. The van der Waals surface area contributed by atoms with E-state index in [1.165, 1.54) is 10.7 Å². The van der Waals surface area contributed by atoms with Crippen molar-refractivity contribution in [1.29, 1.82) is 0 Å². The zero-order valence-electron chi connectivity index (χ0n) is 9.47. The standard InChI is InChI=1S/C12H14N2O3/c1-8-9(6-7-15)12(17)14(13-8)10-4-2-3-5-11(10)16/h2-5,13,15-16H,6-7H2,1H3. The largest absolute Gasteiger partial charge is 0.506 e. The van der Waals surface area contributed by atoms with Crippen LogP contribution in [0.25, 0.3) is 5.69 Å². The van der Waals surface area contributed by atoms with E-state index in [2.05, 4.69) is 5.10 Å². The number of phenolic OH excluding ortho intramolecular Hbond substituents is 1. The number of aliphatic hydroxyl groups excluding tert-OH is 1. The molecule has 0 spiro atoms. The average molecular weight is 234 g/mol. The third kappa shape index (κ3) is 1.97. The summed E-state index contributed by atoms with van der Waals surface area (Å²) in [5, 5.41) is 21.5. The molecule has 0 fully saturated rings. The molecule has 2 rings (SSSR count). The van der Waals surface area contributed by atoms with Gasteiger partial charge in [0.2, 0.25) is 0 Å². The molecule has 5 heteroatoms. The van der Waals surface area contributed by atoms with Crippen molar-refractivity contribution < 1.29 is 10.2 Å². The number of rotatable bonds is 3. The molecule has 1 aromatic carbocycles. The lowest BCUT2D eigenvalue weighted by Gasteiger charge is -2.03. The Labute approximate surface area is 97.9 Å². The number of benzene rings is 1. The molecule has 17 heavy (non-hydrogen) atoms. The Bertz CT molecular complexity index is 584. The van der Waals surface area contributed by atoms with Crippen LogP contribution in [0.3, 0.4) is 0 Å². The fourth-order valence-electron chi connectivity index (χ4n) is 1.81. The van der Waals surface area contributed by atoms with E-state index in [4.69, 9.17) is 5.11 Å². The highest BCUT2D eigenvalue weighted by Gasteiger charge is 2.13. The van der Waals surface area contributed by atoms with Crippen LogP contribution in [0, 0.1) is 6.92 Å². The number of aromatic nitrogens is 2. The van der Waals surface area contributed by atoms with Crippen LogP contribution >= 0.6 is 0 Å². The summed E-state index contributed by atoms with van der Waals surface area (Å²) >= 11 is 0. The van der Waals surface area contributed by atoms with Gasteiger partial charge in [0.1, 0.15) is 11.4 Å². The maximum atomic E-state index is 12.0. The van der Waals surface area contributed by atoms with Gasteiger partial charge in [0.05, 0.1) is 0 Å². The summed E-state index contributed by atoms with van der Waals surface area (Å²) in [6.07, 6.45) is 0.307. The van der Waals surface area contributed by atoms with Gasteiger partial charge in [-0.2, -0.15) is 0 Å². The summed E-state index contributed by atoms with van der Waals surface area (Å²) in [7, 11) is 0. The van der Waals surface area contributed by atoms with Gasteiger partial charge in [-0.3, -0.25) is 9.89 Å². The summed E-state index contributed by atoms with van der Waals surface area (Å²) in [4.78, 5) is 12.0. The topological polar surface area (TPSA) is 78.2 Å². The van der Waals surface area contributed by atoms with Gasteiger partial charge in [-0.1, -0.05) is 12.1 Å². The number of hydrogen-bond acceptors (Lipinski definition) is 3. The third-order valence-corrected chi connectivity index (χ3v) is 2.68. The van der Waals surface area contributed by atoms with Gasteiger partial charge in [-0.25, -0.2) is 4.68 Å². The maximum Gasteiger partial charge on any atom is 0.274 e. The van der Waals surface area contributed by atoms with E-state index < -0.39 is 0 Å². The summed E-state index contributed by atoms with van der Waals surface area (Å²) in [5.41, 5.74) is 1.41. The normalized spacial score (nSPS) is 10.7. The number of aryl methyl sites for hydroxylation is 1. The fraction of sp³-hybridized carbons (Fsp3) is 0.250. The number of aromatic amines is 1. The molecule has 0 unspecified atom stereocenters. The fourth-order valence-corrected chi connectivity index (χ4v) is 1.81. The van der Waals surface area contributed by atoms with Gasteiger partial charge in [0, 0.05) is 24.3 Å². The Morgan fingerprint density at radius 1 is 1.35 bits per heavy atom. The molecular formula is C12H14N2O3. The van der Waals surface area contributed by atoms with Gasteiger partial charge >= 0.3 is 0 Å². The van der Waals surface area contributed by atoms with Crippen molar-refractivity contribution in [3.63, 3.8) is 0 Å². The summed E-state index contributed by atoms with van der Waals surface area (Å²) < 4.78 is 1.29. The van der Waals surface area contributed by atoms with Crippen molar-refractivity contribution in [2.24, 2.45) is 0 Å². The maximum absolute atomic E-state index is 12.0. The van der Waals surface area contributed by atoms with E-state index in [9.17, 15) is 9.90 Å². The monoisotopic (exact) mass is 234 g/mol. The quantitative estimate of drug-likeness (QED) is 0.732. The van der Waals surface area contributed by atoms with E-state index in [1.807, 2.05) is 0 Å². The minimum absolute atomic E-state index is 0.0337. The lowest BCUT2D eigenvalue weighted by atomic mass is 10.2. The molecule has 0 saturated carbocycles. The highest BCUT2D eigenvalue weighted by Crippen LogP contribution is 2.19. The number of H-pyrrole nitrogens is 1. The second-order valence-electron chi connectivity index (χ2n) is 3.82. The molecule has 0 atom stereocenters. The van der Waals surface area contributed by atoms with Gasteiger partial charge in [0.15, 0.2) is 0 Å². The average Bonchev–Trinajstić information content (AvgIpc) is 2.58. The van der Waals surface area contributed by atoms with Gasteiger partial charge in [0.25, 0.3) is 5.56 Å². The van der Waals surface area contributed by atoms with Gasteiger partial charge in [-0.05, 0) is 19.1 Å². The van der Waals surface area contributed by atoms with Crippen LogP contribution in [0.2, 0.25) is 0 Å². The molecule has 0 aliphatic heterocycles. The SMILES string of the molecule is Cc1[nH]n(-c2ccccc2O)c(=O)c1CCO. The zero-order valence-corrected chi connectivity index (χ0v) is 9.47. The second kappa shape index (κ2) is 4.47. The molecule has 1 heterocycles. The predicted molar refractivity (Wildman–Crippen MR) is 63.6 cm³/mol. The molecule has 0 aliphatic carbocycles. The van der Waals surface area contributed by atoms with Gasteiger partial charge in [-0.15, -0.1) is 0 Å². The minimum Gasteiger partial charge on any atom is -0.506 e. The number of nitrogens with zero attached hydrogens (tertiary/aromatic N) is 1. The van der Waals surface area contributed by atoms with Crippen LogP contribution in [0.5, 0.6) is 5.75 Å². The van der Waals surface area contributed by atoms with Crippen LogP contribution in [-0.4, -0.2) is 26.6 Å². The van der Waals surface area contributed by atoms with E-state index >= 15 is 0 Å². The molecule has 0 radical (unpaired) electrons. The van der Waals surface area contributed by atoms with Crippen molar-refractivity contribution in [1.82, 2.24) is 9.78 Å². The van der Waals surface area contributed by atoms with Gasteiger partial charge < -0.3 is 10.2 Å². The van der Waals surface area contributed by atoms with E-state index in [-0.39, 0.29) is 17.9 Å². The first kappa shape index (κ1) is 11.5. The van der Waals surface area contributed by atoms with E-state index in [1.54, 1.807) is 25.1 Å². The highest BCUT2D eigenvalue weighted by molar-refractivity contribution is 5.45. The first-order valence-electron chi connectivity index (χ1n) is 5.35. The zero-order chi connectivity index (χ0) is 12.4. The second-order valence-corrected chi connectivity index (χ2v) is 3.82. The Balaban J connectivity index is 2.58. The highest BCUT2D eigenvalue weighted by atomic mass is 16.3. The minimum atomic E-state index is -0.238. The molecule has 3 N–H and O–H groups in total. The first-order chi connectivity index (χ1) is 8.15. The molecule has 0 aliphatic rings. The molecule has 5 nitrogen and oxygen atoms in total. The van der Waals surface area contributed by atoms with Crippen molar-refractivity contribution in [2.75, 3.05) is 6.61 Å². The third-order valence-electron chi connectivity index (χ3n) is 2.68. The predicted octanol–water partition coefficient (Wildman–Crippen LogP) is 0.714. The molecule has 90 valence electrons. The first-order valence-corrected chi connectivity index (χ1v) is 5.35. The smallest absolute Gasteiger partial charge is 0.274 e. The Morgan fingerprint density at radius 3 is 2.71 bits per heavy atom. The van der Waals surface area contributed by atoms with Crippen molar-refractivity contribution in [2.45, 2.75) is 13.3 Å².